The third-order valence-corrected chi connectivity index (χ3v) is 4.49. The van der Waals surface area contributed by atoms with Crippen LogP contribution in [0.2, 0.25) is 0 Å². The number of ether oxygens (including phenoxy) is 2. The Labute approximate surface area is 147 Å². The van der Waals surface area contributed by atoms with Crippen LogP contribution in [-0.4, -0.2) is 41.6 Å². The predicted octanol–water partition coefficient (Wildman–Crippen LogP) is 4.22. The van der Waals surface area contributed by atoms with Crippen molar-refractivity contribution in [3.8, 4) is 0 Å². The zero-order valence-electron chi connectivity index (χ0n) is 14.1. The van der Waals surface area contributed by atoms with Gasteiger partial charge in [0.05, 0.1) is 25.9 Å². The number of nitrogens with zero attached hydrogens (tertiary/aromatic N) is 1. The van der Waals surface area contributed by atoms with E-state index >= 15 is 0 Å². The number of hydrogen-bond acceptors (Lipinski definition) is 3. The van der Waals surface area contributed by atoms with Gasteiger partial charge in [-0.25, -0.2) is 4.79 Å². The number of alkyl halides is 1. The van der Waals surface area contributed by atoms with Gasteiger partial charge in [-0.3, -0.25) is 0 Å². The summed E-state index contributed by atoms with van der Waals surface area (Å²) in [5.74, 6) is 0. The molecule has 2 rings (SSSR count). The van der Waals surface area contributed by atoms with Crippen LogP contribution < -0.4 is 0 Å². The lowest BCUT2D eigenvalue weighted by atomic mass is 9.99. The maximum Gasteiger partial charge on any atom is 0.410 e. The van der Waals surface area contributed by atoms with E-state index in [1.54, 1.807) is 4.90 Å². The Bertz CT molecular complexity index is 501. The number of rotatable bonds is 5. The van der Waals surface area contributed by atoms with Crippen molar-refractivity contribution in [3.63, 3.8) is 0 Å². The maximum absolute atomic E-state index is 12.3. The number of likely N-dealkylation sites (tertiary alicyclic amines) is 1. The molecule has 1 fully saturated rings. The van der Waals surface area contributed by atoms with Crippen molar-refractivity contribution >= 4 is 22.0 Å². The van der Waals surface area contributed by atoms with Crippen molar-refractivity contribution in [2.45, 2.75) is 45.9 Å². The largest absolute Gasteiger partial charge is 0.449 e. The summed E-state index contributed by atoms with van der Waals surface area (Å²) in [6.45, 7) is 7.75. The third kappa shape index (κ3) is 5.81. The quantitative estimate of drug-likeness (QED) is 0.714. The first-order valence-corrected chi connectivity index (χ1v) is 9.16. The highest BCUT2D eigenvalue weighted by atomic mass is 79.9. The topological polar surface area (TPSA) is 38.8 Å². The van der Waals surface area contributed by atoms with Crippen molar-refractivity contribution in [2.24, 2.45) is 5.41 Å². The zero-order chi connectivity index (χ0) is 16.9. The molecule has 0 saturated carbocycles. The van der Waals surface area contributed by atoms with Gasteiger partial charge in [0, 0.05) is 11.4 Å². The van der Waals surface area contributed by atoms with Crippen molar-refractivity contribution in [3.05, 3.63) is 35.9 Å². The second kappa shape index (κ2) is 8.15. The van der Waals surface area contributed by atoms with Gasteiger partial charge in [0.25, 0.3) is 0 Å². The van der Waals surface area contributed by atoms with E-state index < -0.39 is 0 Å². The van der Waals surface area contributed by atoms with Gasteiger partial charge in [-0.15, -0.1) is 0 Å². The molecule has 1 aromatic rings. The van der Waals surface area contributed by atoms with Crippen LogP contribution in [0.25, 0.3) is 0 Å². The Kier molecular flexibility index (Phi) is 6.48. The molecule has 0 radical (unpaired) electrons. The molecular weight excluding hydrogens is 358 g/mol. The molecule has 1 aliphatic rings. The van der Waals surface area contributed by atoms with Gasteiger partial charge in [-0.05, 0) is 17.4 Å². The summed E-state index contributed by atoms with van der Waals surface area (Å²) in [4.78, 5) is 14.1. The fraction of sp³-hybridized carbons (Fsp3) is 0.611. The number of amides is 1. The monoisotopic (exact) mass is 383 g/mol. The molecule has 128 valence electrons. The fourth-order valence-electron chi connectivity index (χ4n) is 2.51. The lowest BCUT2D eigenvalue weighted by Crippen LogP contribution is -2.38. The summed E-state index contributed by atoms with van der Waals surface area (Å²) in [5, 5.41) is 0.739. The fourth-order valence-corrected chi connectivity index (χ4v) is 3.13. The van der Waals surface area contributed by atoms with Crippen LogP contribution in [0.15, 0.2) is 30.3 Å². The average molecular weight is 384 g/mol. The maximum atomic E-state index is 12.3. The van der Waals surface area contributed by atoms with E-state index in [4.69, 9.17) is 9.47 Å². The minimum absolute atomic E-state index is 0.0253. The van der Waals surface area contributed by atoms with Gasteiger partial charge >= 0.3 is 6.09 Å². The minimum Gasteiger partial charge on any atom is -0.449 e. The van der Waals surface area contributed by atoms with E-state index in [0.717, 1.165) is 17.3 Å². The second-order valence-corrected chi connectivity index (χ2v) is 7.88. The molecule has 2 atom stereocenters. The number of halogens is 1. The van der Waals surface area contributed by atoms with Gasteiger partial charge in [0.1, 0.15) is 0 Å². The van der Waals surface area contributed by atoms with Gasteiger partial charge in [0.15, 0.2) is 0 Å². The highest BCUT2D eigenvalue weighted by molar-refractivity contribution is 9.09. The molecule has 0 bridgehead atoms. The van der Waals surface area contributed by atoms with Crippen LogP contribution in [-0.2, 0) is 16.1 Å². The molecule has 1 amide bonds. The molecule has 1 saturated heterocycles. The smallest absolute Gasteiger partial charge is 0.410 e. The van der Waals surface area contributed by atoms with E-state index in [-0.39, 0.29) is 23.7 Å². The van der Waals surface area contributed by atoms with Gasteiger partial charge in [-0.1, -0.05) is 67.0 Å². The Hall–Kier alpha value is -1.07. The third-order valence-electron chi connectivity index (χ3n) is 3.75. The van der Waals surface area contributed by atoms with Crippen LogP contribution >= 0.6 is 15.9 Å². The summed E-state index contributed by atoms with van der Waals surface area (Å²) in [5.41, 5.74) is 1.12. The molecule has 23 heavy (non-hydrogen) atoms. The molecule has 1 aliphatic heterocycles. The number of carbonyl (C=O) groups excluding carboxylic acids is 1. The molecule has 0 spiro atoms. The molecular formula is C18H26BrNO3. The van der Waals surface area contributed by atoms with Gasteiger partial charge in [-0.2, -0.15) is 0 Å². The molecule has 1 aromatic carbocycles. The van der Waals surface area contributed by atoms with E-state index in [1.165, 1.54) is 0 Å². The molecule has 0 aromatic heterocycles. The molecule has 0 aliphatic carbocycles. The summed E-state index contributed by atoms with van der Waals surface area (Å²) < 4.78 is 11.4. The SMILES string of the molecule is CC(C)(C)COC(=O)N1C[C@H](OCc2ccccc2)C[C@H]1CBr. The standard InChI is InChI=1S/C18H26BrNO3/c1-18(2,3)13-23-17(21)20-11-16(9-15(20)10-19)22-12-14-7-5-4-6-8-14/h4-8,15-16H,9-13H2,1-3H3/t15-,16+/m0/s1. The van der Waals surface area contributed by atoms with E-state index in [2.05, 4.69) is 36.7 Å². The Morgan fingerprint density at radius 1 is 1.30 bits per heavy atom. The van der Waals surface area contributed by atoms with Crippen LogP contribution in [0.3, 0.4) is 0 Å². The zero-order valence-corrected chi connectivity index (χ0v) is 15.7. The Morgan fingerprint density at radius 3 is 2.61 bits per heavy atom. The molecule has 1 heterocycles. The van der Waals surface area contributed by atoms with Crippen molar-refractivity contribution < 1.29 is 14.3 Å². The predicted molar refractivity (Wildman–Crippen MR) is 94.7 cm³/mol. The van der Waals surface area contributed by atoms with Crippen LogP contribution in [0.5, 0.6) is 0 Å². The molecule has 0 N–H and O–H groups in total. The average Bonchev–Trinajstić information content (AvgIpc) is 2.94. The van der Waals surface area contributed by atoms with Crippen molar-refractivity contribution in [2.75, 3.05) is 18.5 Å². The first-order chi connectivity index (χ1) is 10.9. The lowest BCUT2D eigenvalue weighted by Gasteiger charge is -2.25. The summed E-state index contributed by atoms with van der Waals surface area (Å²) in [6, 6.07) is 10.2. The minimum atomic E-state index is -0.241. The number of carbonyl (C=O) groups is 1. The van der Waals surface area contributed by atoms with E-state index in [9.17, 15) is 4.79 Å². The van der Waals surface area contributed by atoms with Gasteiger partial charge in [0.2, 0.25) is 0 Å². The molecule has 5 heteroatoms. The Balaban J connectivity index is 1.85. The van der Waals surface area contributed by atoms with Crippen LogP contribution in [0, 0.1) is 5.41 Å². The van der Waals surface area contributed by atoms with E-state index in [0.29, 0.717) is 19.8 Å². The summed E-state index contributed by atoms with van der Waals surface area (Å²) in [7, 11) is 0. The summed E-state index contributed by atoms with van der Waals surface area (Å²) >= 11 is 3.49. The molecule has 4 nitrogen and oxygen atoms in total. The number of benzene rings is 1. The van der Waals surface area contributed by atoms with Crippen molar-refractivity contribution in [1.29, 1.82) is 0 Å². The van der Waals surface area contributed by atoms with E-state index in [1.807, 2.05) is 30.3 Å². The Morgan fingerprint density at radius 2 is 2.00 bits per heavy atom. The lowest BCUT2D eigenvalue weighted by molar-refractivity contribution is 0.0399. The number of hydrogen-bond donors (Lipinski definition) is 0. The second-order valence-electron chi connectivity index (χ2n) is 7.23. The first-order valence-electron chi connectivity index (χ1n) is 8.04. The van der Waals surface area contributed by atoms with Crippen molar-refractivity contribution in [1.82, 2.24) is 4.90 Å². The molecule has 0 unspecified atom stereocenters. The van der Waals surface area contributed by atoms with Crippen LogP contribution in [0.1, 0.15) is 32.8 Å². The highest BCUT2D eigenvalue weighted by Gasteiger charge is 2.36. The highest BCUT2D eigenvalue weighted by Crippen LogP contribution is 2.24. The van der Waals surface area contributed by atoms with Gasteiger partial charge < -0.3 is 14.4 Å². The van der Waals surface area contributed by atoms with Crippen LogP contribution in [0.4, 0.5) is 4.79 Å². The normalized spacial score (nSPS) is 21.5. The summed E-state index contributed by atoms with van der Waals surface area (Å²) in [6.07, 6.45) is 0.651. The first kappa shape index (κ1) is 18.3.